The van der Waals surface area contributed by atoms with E-state index in [1.807, 2.05) is 47.4 Å². The number of methoxy groups -OCH3 is 2. The lowest BCUT2D eigenvalue weighted by Gasteiger charge is -2.25. The highest BCUT2D eigenvalue weighted by Gasteiger charge is 2.20. The van der Waals surface area contributed by atoms with Crippen LogP contribution < -0.4 is 19.3 Å². The van der Waals surface area contributed by atoms with E-state index < -0.39 is 0 Å². The lowest BCUT2D eigenvalue weighted by atomic mass is 10.0. The molecule has 4 nitrogen and oxygen atoms in total. The topological polar surface area (TPSA) is 24.9 Å². The maximum atomic E-state index is 5.42. The number of anilines is 2. The van der Waals surface area contributed by atoms with Crippen molar-refractivity contribution < 1.29 is 9.47 Å². The fourth-order valence-corrected chi connectivity index (χ4v) is 8.62. The van der Waals surface area contributed by atoms with Crippen LogP contribution >= 0.6 is 23.1 Å². The van der Waals surface area contributed by atoms with E-state index in [1.54, 1.807) is 14.2 Å². The van der Waals surface area contributed by atoms with Crippen molar-refractivity contribution in [3.05, 3.63) is 138 Å². The second kappa shape index (κ2) is 17.0. The van der Waals surface area contributed by atoms with Crippen LogP contribution in [0.25, 0.3) is 37.1 Å². The van der Waals surface area contributed by atoms with Crippen molar-refractivity contribution >= 4 is 61.1 Å². The Hall–Kier alpha value is -4.78. The summed E-state index contributed by atoms with van der Waals surface area (Å²) >= 11 is 3.65. The molecular formula is C45H47N2O2S2+. The van der Waals surface area contributed by atoms with Crippen LogP contribution in [0.15, 0.2) is 126 Å². The van der Waals surface area contributed by atoms with Crippen LogP contribution in [0.5, 0.6) is 11.5 Å². The summed E-state index contributed by atoms with van der Waals surface area (Å²) in [7, 11) is 3.42. The molecule has 0 saturated carbocycles. The van der Waals surface area contributed by atoms with Crippen molar-refractivity contribution in [1.29, 1.82) is 0 Å². The number of thioether (sulfide) groups is 1. The maximum absolute atomic E-state index is 5.42. The van der Waals surface area contributed by atoms with Crippen molar-refractivity contribution in [2.45, 2.75) is 32.6 Å². The van der Waals surface area contributed by atoms with Crippen LogP contribution in [0.3, 0.4) is 0 Å². The van der Waals surface area contributed by atoms with Crippen LogP contribution in [0.2, 0.25) is 0 Å². The van der Waals surface area contributed by atoms with Gasteiger partial charge in [-0.05, 0) is 123 Å². The quantitative estimate of drug-likeness (QED) is 0.0894. The van der Waals surface area contributed by atoms with Crippen molar-refractivity contribution in [3.63, 3.8) is 0 Å². The average Bonchev–Trinajstić information content (AvgIpc) is 3.18. The van der Waals surface area contributed by atoms with Gasteiger partial charge in [0.2, 0.25) is 20.9 Å². The van der Waals surface area contributed by atoms with Crippen molar-refractivity contribution in [2.24, 2.45) is 0 Å². The van der Waals surface area contributed by atoms with Gasteiger partial charge >= 0.3 is 0 Å². The molecule has 1 aromatic heterocycles. The highest BCUT2D eigenvalue weighted by Crippen LogP contribution is 2.46. The van der Waals surface area contributed by atoms with Gasteiger partial charge in [0.15, 0.2) is 0 Å². The van der Waals surface area contributed by atoms with E-state index in [2.05, 4.69) is 141 Å². The third-order valence-electron chi connectivity index (χ3n) is 9.34. The standard InChI is InChI=1S/C45H47N2O2S2/c1-7-46(8-2)36-20-26-42-40(30-36)34(28-44(50-42)32-16-22-38(48-5)23-17-32)14-12-11-13-15-35-29-45(33-18-24-39(49-6)25-19-33)51-43-27-21-37(31-41(35)43)47(9-3)10-4/h11-31H,7-10H2,1-6H3/q+1. The summed E-state index contributed by atoms with van der Waals surface area (Å²) in [5.74, 6) is 1.73. The molecule has 0 amide bonds. The summed E-state index contributed by atoms with van der Waals surface area (Å²) in [6, 6.07) is 32.7. The highest BCUT2D eigenvalue weighted by atomic mass is 32.2. The van der Waals surface area contributed by atoms with Crippen LogP contribution in [-0.2, 0) is 0 Å². The van der Waals surface area contributed by atoms with Gasteiger partial charge in [0, 0.05) is 70.4 Å². The number of ether oxygens (including phenoxy) is 2. The monoisotopic (exact) mass is 711 g/mol. The van der Waals surface area contributed by atoms with Gasteiger partial charge in [0.05, 0.1) is 14.2 Å². The summed E-state index contributed by atoms with van der Waals surface area (Å²) in [5, 5.41) is 1.26. The average molecular weight is 712 g/mol. The fourth-order valence-electron chi connectivity index (χ4n) is 6.42. The number of rotatable bonds is 13. The Morgan fingerprint density at radius 1 is 0.647 bits per heavy atom. The smallest absolute Gasteiger partial charge is 0.239 e. The second-order valence-corrected chi connectivity index (χ2v) is 14.4. The number of allylic oxidation sites excluding steroid dienone is 6. The van der Waals surface area contributed by atoms with Crippen molar-refractivity contribution in [1.82, 2.24) is 0 Å². The molecule has 5 aromatic rings. The zero-order valence-corrected chi connectivity index (χ0v) is 32.1. The molecule has 0 spiro atoms. The summed E-state index contributed by atoms with van der Waals surface area (Å²) in [4.78, 5) is 8.52. The van der Waals surface area contributed by atoms with E-state index in [9.17, 15) is 0 Å². The van der Waals surface area contributed by atoms with Crippen molar-refractivity contribution in [2.75, 3.05) is 50.2 Å². The van der Waals surface area contributed by atoms with Gasteiger partial charge in [-0.25, -0.2) is 0 Å². The lowest BCUT2D eigenvalue weighted by molar-refractivity contribution is 0.414. The van der Waals surface area contributed by atoms with E-state index in [1.165, 1.54) is 64.0 Å². The number of nitrogens with zero attached hydrogens (tertiary/aromatic N) is 2. The van der Waals surface area contributed by atoms with Gasteiger partial charge in [0.25, 0.3) is 0 Å². The van der Waals surface area contributed by atoms with Gasteiger partial charge < -0.3 is 19.3 Å². The Kier molecular flexibility index (Phi) is 12.0. The second-order valence-electron chi connectivity index (χ2n) is 12.2. The van der Waals surface area contributed by atoms with Crippen LogP contribution in [-0.4, -0.2) is 40.4 Å². The van der Waals surface area contributed by atoms with Crippen LogP contribution in [0.4, 0.5) is 11.4 Å². The van der Waals surface area contributed by atoms with Gasteiger partial charge in [-0.15, -0.1) is 0 Å². The van der Waals surface area contributed by atoms with E-state index in [4.69, 9.17) is 9.47 Å². The van der Waals surface area contributed by atoms with Gasteiger partial charge in [0.1, 0.15) is 11.5 Å². The molecule has 0 unspecified atom stereocenters. The van der Waals surface area contributed by atoms with Crippen molar-refractivity contribution in [3.8, 4) is 21.9 Å². The Morgan fingerprint density at radius 2 is 1.25 bits per heavy atom. The molecule has 260 valence electrons. The third kappa shape index (κ3) is 8.24. The molecule has 0 atom stereocenters. The normalized spacial score (nSPS) is 13.5. The zero-order valence-electron chi connectivity index (χ0n) is 30.5. The largest absolute Gasteiger partial charge is 0.497 e. The molecular weight excluding hydrogens is 665 g/mol. The molecule has 51 heavy (non-hydrogen) atoms. The van der Waals surface area contributed by atoms with Gasteiger partial charge in [-0.3, -0.25) is 0 Å². The zero-order chi connectivity index (χ0) is 35.7. The molecule has 2 heterocycles. The molecule has 6 rings (SSSR count). The number of fused-ring (bicyclic) bond motifs is 2. The highest BCUT2D eigenvalue weighted by molar-refractivity contribution is 8.08. The molecule has 0 radical (unpaired) electrons. The first kappa shape index (κ1) is 36.0. The third-order valence-corrected chi connectivity index (χ3v) is 11.6. The Labute approximate surface area is 312 Å². The SMILES string of the molecule is CCN(CC)c1ccc2c(c1)\C(=C/C=C/C=C/c1cc(-c3ccc(OC)cc3)[s+]c3ccc(N(CC)CC)cc13)C=C(c1ccc(OC)cc1)S2. The summed E-state index contributed by atoms with van der Waals surface area (Å²) < 4.78 is 12.1. The first-order chi connectivity index (χ1) is 25.0. The number of hydrogen-bond donors (Lipinski definition) is 0. The summed E-state index contributed by atoms with van der Waals surface area (Å²) in [5.41, 5.74) is 8.54. The first-order valence-electron chi connectivity index (χ1n) is 17.8. The molecule has 1 aliphatic rings. The molecule has 0 saturated heterocycles. The summed E-state index contributed by atoms with van der Waals surface area (Å²) in [6.07, 6.45) is 13.3. The maximum Gasteiger partial charge on any atom is 0.239 e. The predicted octanol–water partition coefficient (Wildman–Crippen LogP) is 12.4. The number of hydrogen-bond acceptors (Lipinski definition) is 5. The Bertz CT molecular complexity index is 2090. The van der Waals surface area contributed by atoms with E-state index in [0.717, 1.165) is 37.7 Å². The summed E-state index contributed by atoms with van der Waals surface area (Å²) in [6.45, 7) is 12.8. The molecule has 1 aliphatic heterocycles. The molecule has 6 heteroatoms. The van der Waals surface area contributed by atoms with E-state index in [0.29, 0.717) is 0 Å². The molecule has 4 aromatic carbocycles. The minimum absolute atomic E-state index is 0.863. The molecule has 0 bridgehead atoms. The van der Waals surface area contributed by atoms with E-state index in [-0.39, 0.29) is 0 Å². The van der Waals surface area contributed by atoms with Crippen LogP contribution in [0.1, 0.15) is 44.4 Å². The number of benzene rings is 4. The van der Waals surface area contributed by atoms with Gasteiger partial charge in [-0.1, -0.05) is 54.3 Å². The van der Waals surface area contributed by atoms with Gasteiger partial charge in [-0.2, -0.15) is 0 Å². The first-order valence-corrected chi connectivity index (χ1v) is 19.4. The predicted molar refractivity (Wildman–Crippen MR) is 225 cm³/mol. The lowest BCUT2D eigenvalue weighted by Crippen LogP contribution is -2.21. The minimum atomic E-state index is 0.863. The Balaban J connectivity index is 1.37. The molecule has 0 aliphatic carbocycles. The fraction of sp³-hybridized carbons (Fsp3) is 0.222. The molecule has 0 N–H and O–H groups in total. The van der Waals surface area contributed by atoms with E-state index >= 15 is 0 Å². The molecule has 0 fully saturated rings. The van der Waals surface area contributed by atoms with Crippen LogP contribution in [0, 0.1) is 0 Å². The Morgan fingerprint density at radius 3 is 1.88 bits per heavy atom. The minimum Gasteiger partial charge on any atom is -0.497 e.